The normalized spacial score (nSPS) is 28.7. The molecule has 1 aliphatic heterocycles. The summed E-state index contributed by atoms with van der Waals surface area (Å²) >= 11 is 0. The van der Waals surface area contributed by atoms with E-state index >= 15 is 0 Å². The van der Waals surface area contributed by atoms with Crippen LogP contribution >= 0.6 is 0 Å². The van der Waals surface area contributed by atoms with E-state index in [4.69, 9.17) is 5.73 Å². The fourth-order valence-corrected chi connectivity index (χ4v) is 3.86. The average Bonchev–Trinajstić information content (AvgIpc) is 3.03. The van der Waals surface area contributed by atoms with Gasteiger partial charge in [0.15, 0.2) is 0 Å². The Bertz CT molecular complexity index is 500. The van der Waals surface area contributed by atoms with Crippen molar-refractivity contribution in [3.63, 3.8) is 0 Å². The molecule has 1 heterocycles. The lowest BCUT2D eigenvalue weighted by Crippen LogP contribution is -2.36. The van der Waals surface area contributed by atoms with Crippen LogP contribution in [0.1, 0.15) is 44.1 Å². The van der Waals surface area contributed by atoms with Crippen LogP contribution in [-0.2, 0) is 4.79 Å². The van der Waals surface area contributed by atoms with Crippen LogP contribution in [0.5, 0.6) is 0 Å². The number of para-hydroxylation sites is 1. The number of hydrogen-bond donors (Lipinski definition) is 1. The second-order valence-corrected chi connectivity index (χ2v) is 6.30. The zero-order chi connectivity index (χ0) is 14.1. The molecule has 0 saturated heterocycles. The van der Waals surface area contributed by atoms with Crippen molar-refractivity contribution < 1.29 is 4.79 Å². The fraction of sp³-hybridized carbons (Fsp3) is 0.588. The maximum Gasteiger partial charge on any atom is 0.230 e. The molecule has 3 unspecified atom stereocenters. The molecule has 0 spiro atoms. The van der Waals surface area contributed by atoms with Crippen molar-refractivity contribution in [3.8, 4) is 0 Å². The Labute approximate surface area is 121 Å². The van der Waals surface area contributed by atoms with Gasteiger partial charge in [-0.25, -0.2) is 0 Å². The predicted molar refractivity (Wildman–Crippen MR) is 81.7 cm³/mol. The average molecular weight is 272 g/mol. The number of carbonyl (C=O) groups is 1. The molecule has 1 fully saturated rings. The lowest BCUT2D eigenvalue weighted by Gasteiger charge is -2.24. The first kappa shape index (κ1) is 13.6. The van der Waals surface area contributed by atoms with Crippen LogP contribution in [0.3, 0.4) is 0 Å². The number of benzene rings is 1. The molecule has 2 aliphatic rings. The molecule has 20 heavy (non-hydrogen) atoms. The molecule has 3 rings (SSSR count). The summed E-state index contributed by atoms with van der Waals surface area (Å²) in [6.07, 6.45) is 4.40. The summed E-state index contributed by atoms with van der Waals surface area (Å²) < 4.78 is 0. The zero-order valence-corrected chi connectivity index (χ0v) is 12.2. The van der Waals surface area contributed by atoms with Crippen LogP contribution in [0.2, 0.25) is 0 Å². The molecular formula is C17H24N2O. The molecule has 0 aromatic heterocycles. The quantitative estimate of drug-likeness (QED) is 0.919. The standard InChI is InChI=1S/C17H24N2O/c1-12-5-4-7-14(12)17(20)19-11-13(9-10-18)15-6-2-3-8-16(15)19/h2-3,6,8,12-14H,4-5,7,9-11,18H2,1H3. The van der Waals surface area contributed by atoms with Gasteiger partial charge in [0.25, 0.3) is 0 Å². The highest BCUT2D eigenvalue weighted by atomic mass is 16.2. The highest BCUT2D eigenvalue weighted by Gasteiger charge is 2.38. The Hall–Kier alpha value is -1.35. The Morgan fingerprint density at radius 2 is 2.15 bits per heavy atom. The minimum Gasteiger partial charge on any atom is -0.330 e. The lowest BCUT2D eigenvalue weighted by atomic mass is 9.96. The number of rotatable bonds is 3. The smallest absolute Gasteiger partial charge is 0.230 e. The van der Waals surface area contributed by atoms with Gasteiger partial charge in [0.05, 0.1) is 0 Å². The molecule has 3 nitrogen and oxygen atoms in total. The summed E-state index contributed by atoms with van der Waals surface area (Å²) in [6.45, 7) is 3.72. The van der Waals surface area contributed by atoms with Crippen molar-refractivity contribution in [2.45, 2.75) is 38.5 Å². The van der Waals surface area contributed by atoms with Gasteiger partial charge in [0.2, 0.25) is 5.91 Å². The maximum absolute atomic E-state index is 12.9. The Balaban J connectivity index is 1.86. The van der Waals surface area contributed by atoms with E-state index in [0.717, 1.165) is 25.1 Å². The summed E-state index contributed by atoms with van der Waals surface area (Å²) in [7, 11) is 0. The Kier molecular flexibility index (Phi) is 3.79. The number of hydrogen-bond acceptors (Lipinski definition) is 2. The van der Waals surface area contributed by atoms with E-state index in [2.05, 4.69) is 25.1 Å². The Morgan fingerprint density at radius 3 is 2.85 bits per heavy atom. The number of nitrogens with zero attached hydrogens (tertiary/aromatic N) is 1. The first-order valence-electron chi connectivity index (χ1n) is 7.82. The zero-order valence-electron chi connectivity index (χ0n) is 12.2. The molecule has 108 valence electrons. The molecule has 3 heteroatoms. The van der Waals surface area contributed by atoms with Crippen LogP contribution in [-0.4, -0.2) is 19.0 Å². The van der Waals surface area contributed by atoms with Crippen molar-refractivity contribution in [2.24, 2.45) is 17.6 Å². The van der Waals surface area contributed by atoms with Crippen LogP contribution < -0.4 is 10.6 Å². The highest BCUT2D eigenvalue weighted by molar-refractivity contribution is 5.97. The Morgan fingerprint density at radius 1 is 1.35 bits per heavy atom. The van der Waals surface area contributed by atoms with Crippen molar-refractivity contribution >= 4 is 11.6 Å². The predicted octanol–water partition coefficient (Wildman–Crippen LogP) is 2.90. The largest absolute Gasteiger partial charge is 0.330 e. The maximum atomic E-state index is 12.9. The van der Waals surface area contributed by atoms with E-state index in [9.17, 15) is 4.79 Å². The molecule has 2 N–H and O–H groups in total. The highest BCUT2D eigenvalue weighted by Crippen LogP contribution is 2.41. The molecule has 0 bridgehead atoms. The van der Waals surface area contributed by atoms with Crippen molar-refractivity contribution in [1.82, 2.24) is 0 Å². The first-order valence-corrected chi connectivity index (χ1v) is 7.82. The minimum absolute atomic E-state index is 0.222. The van der Waals surface area contributed by atoms with Crippen molar-refractivity contribution in [3.05, 3.63) is 29.8 Å². The van der Waals surface area contributed by atoms with Crippen LogP contribution in [0.4, 0.5) is 5.69 Å². The van der Waals surface area contributed by atoms with E-state index in [1.807, 2.05) is 11.0 Å². The third-order valence-corrected chi connectivity index (χ3v) is 5.03. The van der Waals surface area contributed by atoms with Crippen LogP contribution in [0.25, 0.3) is 0 Å². The molecule has 1 aromatic rings. The van der Waals surface area contributed by atoms with E-state index in [0.29, 0.717) is 24.3 Å². The number of anilines is 1. The van der Waals surface area contributed by atoms with Gasteiger partial charge in [-0.2, -0.15) is 0 Å². The monoisotopic (exact) mass is 272 g/mol. The van der Waals surface area contributed by atoms with Gasteiger partial charge in [0, 0.05) is 24.1 Å². The number of amides is 1. The summed E-state index contributed by atoms with van der Waals surface area (Å²) in [4.78, 5) is 14.9. The van der Waals surface area contributed by atoms with Gasteiger partial charge in [-0.1, -0.05) is 31.5 Å². The summed E-state index contributed by atoms with van der Waals surface area (Å²) in [5.41, 5.74) is 8.15. The molecule has 0 radical (unpaired) electrons. The van der Waals surface area contributed by atoms with Gasteiger partial charge in [-0.3, -0.25) is 4.79 Å². The van der Waals surface area contributed by atoms with Crippen molar-refractivity contribution in [2.75, 3.05) is 18.0 Å². The van der Waals surface area contributed by atoms with Gasteiger partial charge in [0.1, 0.15) is 0 Å². The van der Waals surface area contributed by atoms with Gasteiger partial charge < -0.3 is 10.6 Å². The van der Waals surface area contributed by atoms with Gasteiger partial charge in [-0.15, -0.1) is 0 Å². The van der Waals surface area contributed by atoms with E-state index in [1.54, 1.807) is 0 Å². The molecule has 1 aromatic carbocycles. The van der Waals surface area contributed by atoms with E-state index < -0.39 is 0 Å². The number of nitrogens with two attached hydrogens (primary N) is 1. The second kappa shape index (κ2) is 5.57. The summed E-state index contributed by atoms with van der Waals surface area (Å²) in [6, 6.07) is 8.33. The number of carbonyl (C=O) groups excluding carboxylic acids is 1. The summed E-state index contributed by atoms with van der Waals surface area (Å²) in [5, 5.41) is 0. The second-order valence-electron chi connectivity index (χ2n) is 6.30. The lowest BCUT2D eigenvalue weighted by molar-refractivity contribution is -0.123. The van der Waals surface area contributed by atoms with Gasteiger partial charge >= 0.3 is 0 Å². The molecule has 1 aliphatic carbocycles. The van der Waals surface area contributed by atoms with Crippen LogP contribution in [0, 0.1) is 11.8 Å². The minimum atomic E-state index is 0.222. The molecular weight excluding hydrogens is 248 g/mol. The van der Waals surface area contributed by atoms with E-state index in [-0.39, 0.29) is 5.92 Å². The van der Waals surface area contributed by atoms with Crippen LogP contribution in [0.15, 0.2) is 24.3 Å². The summed E-state index contributed by atoms with van der Waals surface area (Å²) in [5.74, 6) is 1.50. The molecule has 3 atom stereocenters. The van der Waals surface area contributed by atoms with Crippen molar-refractivity contribution in [1.29, 1.82) is 0 Å². The third-order valence-electron chi connectivity index (χ3n) is 5.03. The third kappa shape index (κ3) is 2.24. The fourth-order valence-electron chi connectivity index (χ4n) is 3.86. The molecule has 1 amide bonds. The SMILES string of the molecule is CC1CCCC1C(=O)N1CC(CCN)c2ccccc21. The molecule has 1 saturated carbocycles. The number of fused-ring (bicyclic) bond motifs is 1. The van der Waals surface area contributed by atoms with E-state index in [1.165, 1.54) is 18.4 Å². The topological polar surface area (TPSA) is 46.3 Å². The van der Waals surface area contributed by atoms with Gasteiger partial charge in [-0.05, 0) is 43.4 Å². The first-order chi connectivity index (χ1) is 9.72.